The van der Waals surface area contributed by atoms with Gasteiger partial charge < -0.3 is 9.64 Å². The summed E-state index contributed by atoms with van der Waals surface area (Å²) in [5.41, 5.74) is 1.07. The summed E-state index contributed by atoms with van der Waals surface area (Å²) in [5, 5.41) is 0. The van der Waals surface area contributed by atoms with Gasteiger partial charge in [-0.2, -0.15) is 0 Å². The number of pyridine rings is 1. The molecule has 1 atom stereocenters. The Bertz CT molecular complexity index is 661. The van der Waals surface area contributed by atoms with Crippen LogP contribution in [0.3, 0.4) is 0 Å². The molecule has 0 bridgehead atoms. The van der Waals surface area contributed by atoms with Crippen molar-refractivity contribution in [3.63, 3.8) is 0 Å². The first-order valence-electron chi connectivity index (χ1n) is 8.27. The highest BCUT2D eigenvalue weighted by Gasteiger charge is 2.24. The van der Waals surface area contributed by atoms with Crippen LogP contribution >= 0.6 is 0 Å². The standard InChI is InChI=1S/C19H21FN2O2/c20-16-6-8-18(9-7-16)24-14-19(23)22-11-3-4-15(13-22)12-17-5-1-2-10-21-17/h1-2,5-10,15H,3-4,11-14H2/t15-/m1/s1. The highest BCUT2D eigenvalue weighted by Crippen LogP contribution is 2.20. The average molecular weight is 328 g/mol. The molecule has 0 spiro atoms. The van der Waals surface area contributed by atoms with Gasteiger partial charge in [0.05, 0.1) is 0 Å². The third-order valence-corrected chi connectivity index (χ3v) is 4.27. The molecule has 3 rings (SSSR count). The lowest BCUT2D eigenvalue weighted by Gasteiger charge is -2.32. The van der Waals surface area contributed by atoms with Gasteiger partial charge in [0.1, 0.15) is 11.6 Å². The maximum absolute atomic E-state index is 12.9. The molecule has 24 heavy (non-hydrogen) atoms. The van der Waals surface area contributed by atoms with Gasteiger partial charge in [-0.15, -0.1) is 0 Å². The molecule has 1 aromatic heterocycles. The molecule has 5 heteroatoms. The molecule has 1 saturated heterocycles. The van der Waals surface area contributed by atoms with Crippen molar-refractivity contribution >= 4 is 5.91 Å². The van der Waals surface area contributed by atoms with E-state index in [9.17, 15) is 9.18 Å². The zero-order valence-electron chi connectivity index (χ0n) is 13.5. The molecule has 0 unspecified atom stereocenters. The molecule has 1 fully saturated rings. The van der Waals surface area contributed by atoms with Crippen LogP contribution in [0.5, 0.6) is 5.75 Å². The minimum absolute atomic E-state index is 0.0120. The Morgan fingerprint density at radius 3 is 2.83 bits per heavy atom. The predicted molar refractivity (Wildman–Crippen MR) is 89.1 cm³/mol. The summed E-state index contributed by atoms with van der Waals surface area (Å²) in [6.45, 7) is 1.49. The summed E-state index contributed by atoms with van der Waals surface area (Å²) in [7, 11) is 0. The number of ether oxygens (including phenoxy) is 1. The fourth-order valence-electron chi connectivity index (χ4n) is 3.04. The quantitative estimate of drug-likeness (QED) is 0.847. The molecule has 0 N–H and O–H groups in total. The van der Waals surface area contributed by atoms with Gasteiger partial charge in [-0.3, -0.25) is 9.78 Å². The maximum Gasteiger partial charge on any atom is 0.260 e. The zero-order valence-corrected chi connectivity index (χ0v) is 13.5. The fourth-order valence-corrected chi connectivity index (χ4v) is 3.04. The molecule has 4 nitrogen and oxygen atoms in total. The Morgan fingerprint density at radius 2 is 2.08 bits per heavy atom. The zero-order chi connectivity index (χ0) is 16.8. The van der Waals surface area contributed by atoms with Crippen LogP contribution in [0, 0.1) is 11.7 Å². The molecule has 126 valence electrons. The van der Waals surface area contributed by atoms with Crippen LogP contribution in [0.4, 0.5) is 4.39 Å². The molecular formula is C19H21FN2O2. The number of rotatable bonds is 5. The van der Waals surface area contributed by atoms with E-state index < -0.39 is 0 Å². The second-order valence-electron chi connectivity index (χ2n) is 6.12. The van der Waals surface area contributed by atoms with Crippen LogP contribution in [0.25, 0.3) is 0 Å². The Morgan fingerprint density at radius 1 is 1.25 bits per heavy atom. The van der Waals surface area contributed by atoms with Crippen LogP contribution in [0.1, 0.15) is 18.5 Å². The molecule has 0 aliphatic carbocycles. The van der Waals surface area contributed by atoms with E-state index in [0.29, 0.717) is 11.7 Å². The fraction of sp³-hybridized carbons (Fsp3) is 0.368. The Kier molecular flexibility index (Phi) is 5.41. The molecule has 2 aromatic rings. The molecule has 1 aliphatic rings. The highest BCUT2D eigenvalue weighted by molar-refractivity contribution is 5.77. The summed E-state index contributed by atoms with van der Waals surface area (Å²) in [5.74, 6) is 0.599. The van der Waals surface area contributed by atoms with Gasteiger partial charge in [0.25, 0.3) is 5.91 Å². The van der Waals surface area contributed by atoms with E-state index in [1.165, 1.54) is 24.3 Å². The number of likely N-dealkylation sites (tertiary alicyclic amines) is 1. The number of carbonyl (C=O) groups excluding carboxylic acids is 1. The Hall–Kier alpha value is -2.43. The molecule has 0 radical (unpaired) electrons. The normalized spacial score (nSPS) is 17.5. The SMILES string of the molecule is O=C(COc1ccc(F)cc1)N1CCC[C@H](Cc2ccccn2)C1. The van der Waals surface area contributed by atoms with Crippen LogP contribution in [0.2, 0.25) is 0 Å². The number of hydrogen-bond donors (Lipinski definition) is 0. The minimum Gasteiger partial charge on any atom is -0.484 e. The van der Waals surface area contributed by atoms with E-state index in [0.717, 1.165) is 38.0 Å². The van der Waals surface area contributed by atoms with Crippen molar-refractivity contribution in [2.45, 2.75) is 19.3 Å². The Labute approximate surface area is 141 Å². The van der Waals surface area contributed by atoms with Crippen LogP contribution in [-0.4, -0.2) is 35.5 Å². The largest absolute Gasteiger partial charge is 0.484 e. The van der Waals surface area contributed by atoms with E-state index in [1.807, 2.05) is 23.1 Å². The van der Waals surface area contributed by atoms with Gasteiger partial charge >= 0.3 is 0 Å². The van der Waals surface area contributed by atoms with E-state index in [2.05, 4.69) is 4.98 Å². The van der Waals surface area contributed by atoms with Crippen LogP contribution in [-0.2, 0) is 11.2 Å². The number of halogens is 1. The van der Waals surface area contributed by atoms with E-state index in [4.69, 9.17) is 4.74 Å². The topological polar surface area (TPSA) is 42.4 Å². The number of piperidine rings is 1. The lowest BCUT2D eigenvalue weighted by molar-refractivity contribution is -0.135. The van der Waals surface area contributed by atoms with Gasteiger partial charge in [0.15, 0.2) is 6.61 Å². The first-order valence-corrected chi connectivity index (χ1v) is 8.27. The molecule has 1 aliphatic heterocycles. The smallest absolute Gasteiger partial charge is 0.260 e. The first-order chi connectivity index (χ1) is 11.7. The number of amides is 1. The lowest BCUT2D eigenvalue weighted by Crippen LogP contribution is -2.42. The molecular weight excluding hydrogens is 307 g/mol. The third kappa shape index (κ3) is 4.54. The molecule has 1 aromatic carbocycles. The maximum atomic E-state index is 12.9. The van der Waals surface area contributed by atoms with Gasteiger partial charge in [-0.25, -0.2) is 4.39 Å². The monoisotopic (exact) mass is 328 g/mol. The Balaban J connectivity index is 1.50. The van der Waals surface area contributed by atoms with Crippen LogP contribution < -0.4 is 4.74 Å². The number of benzene rings is 1. The van der Waals surface area contributed by atoms with Gasteiger partial charge in [-0.1, -0.05) is 6.07 Å². The van der Waals surface area contributed by atoms with E-state index >= 15 is 0 Å². The predicted octanol–water partition coefficient (Wildman–Crippen LogP) is 3.08. The van der Waals surface area contributed by atoms with Crippen molar-refractivity contribution in [1.29, 1.82) is 0 Å². The van der Waals surface area contributed by atoms with Crippen molar-refractivity contribution in [3.8, 4) is 5.75 Å². The van der Waals surface area contributed by atoms with E-state index in [-0.39, 0.29) is 18.3 Å². The molecule has 0 saturated carbocycles. The average Bonchev–Trinajstić information content (AvgIpc) is 2.62. The summed E-state index contributed by atoms with van der Waals surface area (Å²) in [6.07, 6.45) is 4.81. The van der Waals surface area contributed by atoms with Gasteiger partial charge in [0.2, 0.25) is 0 Å². The number of aromatic nitrogens is 1. The molecule has 2 heterocycles. The summed E-state index contributed by atoms with van der Waals surface area (Å²) < 4.78 is 18.3. The third-order valence-electron chi connectivity index (χ3n) is 4.27. The molecule has 1 amide bonds. The number of nitrogens with zero attached hydrogens (tertiary/aromatic N) is 2. The van der Waals surface area contributed by atoms with Crippen LogP contribution in [0.15, 0.2) is 48.7 Å². The minimum atomic E-state index is -0.318. The second kappa shape index (κ2) is 7.90. The summed E-state index contributed by atoms with van der Waals surface area (Å²) in [4.78, 5) is 18.6. The van der Waals surface area contributed by atoms with Crippen molar-refractivity contribution in [2.24, 2.45) is 5.92 Å². The van der Waals surface area contributed by atoms with Crippen molar-refractivity contribution in [1.82, 2.24) is 9.88 Å². The lowest BCUT2D eigenvalue weighted by atomic mass is 9.93. The van der Waals surface area contributed by atoms with Crippen molar-refractivity contribution < 1.29 is 13.9 Å². The van der Waals surface area contributed by atoms with Crippen molar-refractivity contribution in [3.05, 3.63) is 60.2 Å². The number of carbonyl (C=O) groups is 1. The van der Waals surface area contributed by atoms with Gasteiger partial charge in [-0.05, 0) is 61.6 Å². The van der Waals surface area contributed by atoms with Crippen molar-refractivity contribution in [2.75, 3.05) is 19.7 Å². The van der Waals surface area contributed by atoms with Gasteiger partial charge in [0, 0.05) is 25.0 Å². The first kappa shape index (κ1) is 16.4. The van der Waals surface area contributed by atoms with E-state index in [1.54, 1.807) is 6.20 Å². The summed E-state index contributed by atoms with van der Waals surface area (Å²) in [6, 6.07) is 11.6. The highest BCUT2D eigenvalue weighted by atomic mass is 19.1. The summed E-state index contributed by atoms with van der Waals surface area (Å²) >= 11 is 0. The second-order valence-corrected chi connectivity index (χ2v) is 6.12. The number of hydrogen-bond acceptors (Lipinski definition) is 3.